The van der Waals surface area contributed by atoms with Crippen molar-refractivity contribution in [1.29, 1.82) is 0 Å². The summed E-state index contributed by atoms with van der Waals surface area (Å²) in [7, 11) is 3.88. The fourth-order valence-electron chi connectivity index (χ4n) is 2.68. The zero-order chi connectivity index (χ0) is 16.1. The third kappa shape index (κ3) is 4.00. The predicted molar refractivity (Wildman–Crippen MR) is 82.0 cm³/mol. The maximum atomic E-state index is 12.2. The molecule has 1 aliphatic heterocycles. The Morgan fingerprint density at radius 2 is 2.14 bits per heavy atom. The van der Waals surface area contributed by atoms with Gasteiger partial charge in [-0.3, -0.25) is 9.69 Å². The maximum Gasteiger partial charge on any atom is 0.317 e. The summed E-state index contributed by atoms with van der Waals surface area (Å²) in [4.78, 5) is 27.1. The lowest BCUT2D eigenvalue weighted by molar-refractivity contribution is -0.123. The Balaban J connectivity index is 1.83. The van der Waals surface area contributed by atoms with Crippen LogP contribution in [0.2, 0.25) is 0 Å². The largest absolute Gasteiger partial charge is 0.468 e. The van der Waals surface area contributed by atoms with Gasteiger partial charge in [0.2, 0.25) is 5.91 Å². The molecule has 1 saturated heterocycles. The average Bonchev–Trinajstić information content (AvgIpc) is 3.01. The number of rotatable bonds is 5. The van der Waals surface area contributed by atoms with Crippen molar-refractivity contribution >= 4 is 11.9 Å². The molecule has 1 fully saturated rings. The predicted octanol–water partition coefficient (Wildman–Crippen LogP) is 0.789. The molecule has 2 rings (SSSR count). The average molecular weight is 308 g/mol. The molecular weight excluding hydrogens is 284 g/mol. The lowest BCUT2D eigenvalue weighted by atomic mass is 9.96. The molecule has 0 saturated carbocycles. The van der Waals surface area contributed by atoms with E-state index in [1.54, 1.807) is 11.2 Å². The Morgan fingerprint density at radius 1 is 1.45 bits per heavy atom. The van der Waals surface area contributed by atoms with Gasteiger partial charge in [-0.05, 0) is 39.1 Å². The van der Waals surface area contributed by atoms with Crippen molar-refractivity contribution in [2.24, 2.45) is 11.7 Å². The fraction of sp³-hybridized carbons (Fsp3) is 0.600. The number of nitrogens with one attached hydrogen (secondary N) is 1. The molecule has 3 amide bonds. The van der Waals surface area contributed by atoms with Gasteiger partial charge in [-0.2, -0.15) is 0 Å². The van der Waals surface area contributed by atoms with Crippen LogP contribution in [0.3, 0.4) is 0 Å². The van der Waals surface area contributed by atoms with Crippen LogP contribution in [0.25, 0.3) is 0 Å². The standard InChI is InChI=1S/C15H24N4O3/c1-18(2)12(13-4-3-9-22-13)10-17-15(21)19-7-5-11(6-8-19)14(16)20/h3-4,9,11-12H,5-8,10H2,1-2H3,(H2,16,20)(H,17,21). The third-order valence-corrected chi connectivity index (χ3v) is 4.13. The number of furan rings is 1. The lowest BCUT2D eigenvalue weighted by Gasteiger charge is -2.31. The van der Waals surface area contributed by atoms with E-state index in [1.807, 2.05) is 31.1 Å². The van der Waals surface area contributed by atoms with Crippen LogP contribution in [0.1, 0.15) is 24.6 Å². The van der Waals surface area contributed by atoms with Gasteiger partial charge in [0.15, 0.2) is 0 Å². The summed E-state index contributed by atoms with van der Waals surface area (Å²) < 4.78 is 5.42. The minimum Gasteiger partial charge on any atom is -0.468 e. The van der Waals surface area contributed by atoms with Crippen LogP contribution in [-0.2, 0) is 4.79 Å². The number of likely N-dealkylation sites (N-methyl/N-ethyl adjacent to an activating group) is 1. The minimum absolute atomic E-state index is 0.0119. The molecular formula is C15H24N4O3. The van der Waals surface area contributed by atoms with Crippen LogP contribution >= 0.6 is 0 Å². The number of piperidine rings is 1. The van der Waals surface area contributed by atoms with Gasteiger partial charge in [-0.1, -0.05) is 0 Å². The Morgan fingerprint density at radius 3 is 2.64 bits per heavy atom. The number of amides is 3. The van der Waals surface area contributed by atoms with E-state index in [0.29, 0.717) is 32.5 Å². The summed E-state index contributed by atoms with van der Waals surface area (Å²) in [6.45, 7) is 1.59. The Bertz CT molecular complexity index is 493. The second-order valence-corrected chi connectivity index (χ2v) is 5.84. The fourth-order valence-corrected chi connectivity index (χ4v) is 2.68. The van der Waals surface area contributed by atoms with Gasteiger partial charge in [0, 0.05) is 25.6 Å². The van der Waals surface area contributed by atoms with Gasteiger partial charge in [0.25, 0.3) is 0 Å². The molecule has 0 spiro atoms. The molecule has 7 nitrogen and oxygen atoms in total. The minimum atomic E-state index is -0.273. The highest BCUT2D eigenvalue weighted by molar-refractivity contribution is 5.78. The first-order chi connectivity index (χ1) is 10.5. The molecule has 0 bridgehead atoms. The Labute approximate surface area is 130 Å². The number of hydrogen-bond donors (Lipinski definition) is 2. The van der Waals surface area contributed by atoms with Crippen molar-refractivity contribution in [3.05, 3.63) is 24.2 Å². The van der Waals surface area contributed by atoms with Crippen LogP contribution in [-0.4, -0.2) is 55.5 Å². The van der Waals surface area contributed by atoms with Crippen LogP contribution in [0.5, 0.6) is 0 Å². The van der Waals surface area contributed by atoms with E-state index in [-0.39, 0.29) is 23.9 Å². The molecule has 0 radical (unpaired) electrons. The zero-order valence-corrected chi connectivity index (χ0v) is 13.1. The molecule has 1 aromatic heterocycles. The summed E-state index contributed by atoms with van der Waals surface area (Å²) in [6, 6.07) is 3.61. The first-order valence-electron chi connectivity index (χ1n) is 7.51. The van der Waals surface area contributed by atoms with E-state index in [9.17, 15) is 9.59 Å². The van der Waals surface area contributed by atoms with Gasteiger partial charge in [-0.15, -0.1) is 0 Å². The molecule has 22 heavy (non-hydrogen) atoms. The highest BCUT2D eigenvalue weighted by Crippen LogP contribution is 2.19. The van der Waals surface area contributed by atoms with E-state index in [2.05, 4.69) is 5.32 Å². The highest BCUT2D eigenvalue weighted by Gasteiger charge is 2.26. The smallest absolute Gasteiger partial charge is 0.317 e. The quantitative estimate of drug-likeness (QED) is 0.841. The van der Waals surface area contributed by atoms with Gasteiger partial charge < -0.3 is 20.4 Å². The molecule has 2 heterocycles. The van der Waals surface area contributed by atoms with Gasteiger partial charge in [0.05, 0.1) is 12.3 Å². The third-order valence-electron chi connectivity index (χ3n) is 4.13. The molecule has 7 heteroatoms. The van der Waals surface area contributed by atoms with Crippen molar-refractivity contribution in [2.45, 2.75) is 18.9 Å². The number of nitrogens with zero attached hydrogens (tertiary/aromatic N) is 2. The van der Waals surface area contributed by atoms with Crippen LogP contribution in [0.15, 0.2) is 22.8 Å². The molecule has 1 aliphatic rings. The zero-order valence-electron chi connectivity index (χ0n) is 13.1. The second kappa shape index (κ2) is 7.31. The topological polar surface area (TPSA) is 91.8 Å². The van der Waals surface area contributed by atoms with E-state index in [0.717, 1.165) is 5.76 Å². The van der Waals surface area contributed by atoms with E-state index >= 15 is 0 Å². The van der Waals surface area contributed by atoms with E-state index in [4.69, 9.17) is 10.2 Å². The van der Waals surface area contributed by atoms with Crippen molar-refractivity contribution in [3.8, 4) is 0 Å². The molecule has 3 N–H and O–H groups in total. The number of hydrogen-bond acceptors (Lipinski definition) is 4. The molecule has 0 aromatic carbocycles. The second-order valence-electron chi connectivity index (χ2n) is 5.84. The lowest BCUT2D eigenvalue weighted by Crippen LogP contribution is -2.47. The first-order valence-corrected chi connectivity index (χ1v) is 7.51. The van der Waals surface area contributed by atoms with Crippen LogP contribution in [0, 0.1) is 5.92 Å². The summed E-state index contributed by atoms with van der Waals surface area (Å²) >= 11 is 0. The number of urea groups is 1. The van der Waals surface area contributed by atoms with Crippen molar-refractivity contribution < 1.29 is 14.0 Å². The van der Waals surface area contributed by atoms with Gasteiger partial charge in [0.1, 0.15) is 5.76 Å². The maximum absolute atomic E-state index is 12.2. The van der Waals surface area contributed by atoms with E-state index in [1.165, 1.54) is 0 Å². The number of carbonyl (C=O) groups is 2. The van der Waals surface area contributed by atoms with Gasteiger partial charge in [-0.25, -0.2) is 4.79 Å². The van der Waals surface area contributed by atoms with Crippen LogP contribution < -0.4 is 11.1 Å². The van der Waals surface area contributed by atoms with Crippen LogP contribution in [0.4, 0.5) is 4.79 Å². The summed E-state index contributed by atoms with van der Waals surface area (Å²) in [5.41, 5.74) is 5.30. The highest BCUT2D eigenvalue weighted by atomic mass is 16.3. The molecule has 1 atom stereocenters. The van der Waals surface area contributed by atoms with Crippen molar-refractivity contribution in [3.63, 3.8) is 0 Å². The van der Waals surface area contributed by atoms with Crippen molar-refractivity contribution in [1.82, 2.24) is 15.1 Å². The number of primary amides is 1. The Kier molecular flexibility index (Phi) is 5.43. The molecule has 1 aromatic rings. The number of carbonyl (C=O) groups excluding carboxylic acids is 2. The monoisotopic (exact) mass is 308 g/mol. The SMILES string of the molecule is CN(C)C(CNC(=O)N1CCC(C(N)=O)CC1)c1ccco1. The first kappa shape index (κ1) is 16.4. The van der Waals surface area contributed by atoms with E-state index < -0.39 is 0 Å². The van der Waals surface area contributed by atoms with Gasteiger partial charge >= 0.3 is 6.03 Å². The number of nitrogens with two attached hydrogens (primary N) is 1. The Hall–Kier alpha value is -2.02. The normalized spacial score (nSPS) is 17.5. The molecule has 1 unspecified atom stereocenters. The molecule has 122 valence electrons. The summed E-state index contributed by atoms with van der Waals surface area (Å²) in [5.74, 6) is 0.435. The molecule has 0 aliphatic carbocycles. The summed E-state index contributed by atoms with van der Waals surface area (Å²) in [6.07, 6.45) is 2.90. The van der Waals surface area contributed by atoms with Crippen molar-refractivity contribution in [2.75, 3.05) is 33.7 Å². The number of likely N-dealkylation sites (tertiary alicyclic amines) is 1. The summed E-state index contributed by atoms with van der Waals surface area (Å²) in [5, 5.41) is 2.94.